The summed E-state index contributed by atoms with van der Waals surface area (Å²) in [6, 6.07) is 15.7. The van der Waals surface area contributed by atoms with E-state index in [0.717, 1.165) is 6.42 Å². The van der Waals surface area contributed by atoms with Crippen LogP contribution in [0.1, 0.15) is 52.2 Å². The van der Waals surface area contributed by atoms with Crippen molar-refractivity contribution in [3.8, 4) is 0 Å². The normalized spacial score (nSPS) is 27.6. The molecular formula is C30H44F2N4O2. The quantitative estimate of drug-likeness (QED) is 0.282. The second kappa shape index (κ2) is 12.6. The van der Waals surface area contributed by atoms with E-state index in [1.54, 1.807) is 13.1 Å². The second-order valence-electron chi connectivity index (χ2n) is 9.84. The third-order valence-electron chi connectivity index (χ3n) is 7.22. The van der Waals surface area contributed by atoms with E-state index in [0.29, 0.717) is 35.6 Å². The van der Waals surface area contributed by atoms with Crippen LogP contribution in [0.15, 0.2) is 66.0 Å². The van der Waals surface area contributed by atoms with Crippen molar-refractivity contribution in [1.29, 1.82) is 0 Å². The van der Waals surface area contributed by atoms with Gasteiger partial charge in [0.1, 0.15) is 11.4 Å². The van der Waals surface area contributed by atoms with Crippen LogP contribution < -0.4 is 21.3 Å². The Bertz CT molecular complexity index is 1080. The zero-order valence-corrected chi connectivity index (χ0v) is 23.8. The van der Waals surface area contributed by atoms with E-state index in [4.69, 9.17) is 9.47 Å². The number of methoxy groups -OCH3 is 1. The Labute approximate surface area is 226 Å². The Morgan fingerprint density at radius 1 is 0.974 bits per heavy atom. The van der Waals surface area contributed by atoms with Crippen molar-refractivity contribution in [2.45, 2.75) is 70.1 Å². The summed E-state index contributed by atoms with van der Waals surface area (Å²) >= 11 is 0. The summed E-state index contributed by atoms with van der Waals surface area (Å²) in [5, 5.41) is 13.8. The van der Waals surface area contributed by atoms with Gasteiger partial charge in [-0.2, -0.15) is 0 Å². The van der Waals surface area contributed by atoms with Crippen LogP contribution >= 0.6 is 0 Å². The number of hydrogen-bond acceptors (Lipinski definition) is 6. The van der Waals surface area contributed by atoms with Crippen LogP contribution in [-0.4, -0.2) is 51.8 Å². The Morgan fingerprint density at radius 2 is 1.66 bits per heavy atom. The molecule has 0 saturated heterocycles. The molecule has 0 aromatic heterocycles. The molecule has 0 aliphatic heterocycles. The monoisotopic (exact) mass is 530 g/mol. The number of likely N-dealkylation sites (N-methyl/N-ethyl adjacent to an activating group) is 2. The Morgan fingerprint density at radius 3 is 2.18 bits per heavy atom. The molecule has 2 aromatic rings. The van der Waals surface area contributed by atoms with Crippen molar-refractivity contribution in [2.75, 3.05) is 33.9 Å². The molecule has 6 nitrogen and oxygen atoms in total. The van der Waals surface area contributed by atoms with E-state index in [1.807, 2.05) is 71.0 Å². The first-order chi connectivity index (χ1) is 18.3. The van der Waals surface area contributed by atoms with Crippen LogP contribution in [-0.2, 0) is 20.6 Å². The van der Waals surface area contributed by atoms with Gasteiger partial charge in [-0.15, -0.1) is 0 Å². The number of alkyl halides is 1. The molecule has 0 heterocycles. The maximum Gasteiger partial charge on any atom is 0.192 e. The Kier molecular flexibility index (Phi) is 9.92. The molecule has 0 bridgehead atoms. The first-order valence-corrected chi connectivity index (χ1v) is 13.6. The van der Waals surface area contributed by atoms with Crippen LogP contribution in [0.25, 0.3) is 0 Å². The minimum Gasteiger partial charge on any atom is -0.385 e. The molecule has 0 amide bonds. The highest BCUT2D eigenvalue weighted by molar-refractivity contribution is 5.53. The lowest BCUT2D eigenvalue weighted by Crippen LogP contribution is -2.82. The van der Waals surface area contributed by atoms with Gasteiger partial charge in [0.05, 0.1) is 11.4 Å². The smallest absolute Gasteiger partial charge is 0.192 e. The molecule has 0 spiro atoms. The fourth-order valence-electron chi connectivity index (χ4n) is 6.05. The van der Waals surface area contributed by atoms with Gasteiger partial charge in [0.25, 0.3) is 0 Å². The van der Waals surface area contributed by atoms with E-state index in [9.17, 15) is 0 Å². The number of benzene rings is 2. The molecule has 1 aliphatic carbocycles. The van der Waals surface area contributed by atoms with Gasteiger partial charge >= 0.3 is 0 Å². The van der Waals surface area contributed by atoms with Crippen LogP contribution in [0.3, 0.4) is 0 Å². The fraction of sp³-hybridized carbons (Fsp3) is 0.533. The predicted molar refractivity (Wildman–Crippen MR) is 149 cm³/mol. The van der Waals surface area contributed by atoms with E-state index in [-0.39, 0.29) is 12.6 Å². The number of ether oxygens (including phenoxy) is 2. The molecule has 38 heavy (non-hydrogen) atoms. The maximum absolute atomic E-state index is 17.5. The molecule has 4 atom stereocenters. The molecule has 3 rings (SSSR count). The summed E-state index contributed by atoms with van der Waals surface area (Å²) in [7, 11) is 3.30. The molecule has 210 valence electrons. The molecule has 4 unspecified atom stereocenters. The van der Waals surface area contributed by atoms with E-state index in [2.05, 4.69) is 21.3 Å². The van der Waals surface area contributed by atoms with Crippen LogP contribution in [0.4, 0.5) is 8.78 Å². The van der Waals surface area contributed by atoms with Gasteiger partial charge in [0.2, 0.25) is 0 Å². The molecular weight excluding hydrogens is 486 g/mol. The highest BCUT2D eigenvalue weighted by Crippen LogP contribution is 2.59. The summed E-state index contributed by atoms with van der Waals surface area (Å²) in [5.74, 6) is -0.406. The molecule has 2 aromatic carbocycles. The van der Waals surface area contributed by atoms with Gasteiger partial charge in [0.15, 0.2) is 17.5 Å². The summed E-state index contributed by atoms with van der Waals surface area (Å²) in [4.78, 5) is 0. The summed E-state index contributed by atoms with van der Waals surface area (Å²) in [5.41, 5.74) is -2.46. The molecule has 0 radical (unpaired) electrons. The minimum absolute atomic E-state index is 0.188. The number of hydrogen-bond donors (Lipinski definition) is 4. The van der Waals surface area contributed by atoms with Gasteiger partial charge < -0.3 is 25.4 Å². The van der Waals surface area contributed by atoms with Crippen molar-refractivity contribution in [2.24, 2.45) is 0 Å². The molecule has 0 saturated carbocycles. The van der Waals surface area contributed by atoms with E-state index < -0.39 is 28.9 Å². The zero-order valence-electron chi connectivity index (χ0n) is 23.8. The topological polar surface area (TPSA) is 66.6 Å². The van der Waals surface area contributed by atoms with E-state index >= 15 is 8.78 Å². The average molecular weight is 531 g/mol. The van der Waals surface area contributed by atoms with E-state index in [1.165, 1.54) is 19.2 Å². The number of halogens is 2. The summed E-state index contributed by atoms with van der Waals surface area (Å²) < 4.78 is 45.6. The van der Waals surface area contributed by atoms with Crippen molar-refractivity contribution < 1.29 is 18.3 Å². The van der Waals surface area contributed by atoms with Crippen molar-refractivity contribution >= 4 is 0 Å². The van der Waals surface area contributed by atoms with Gasteiger partial charge in [-0.3, -0.25) is 5.32 Å². The molecule has 4 N–H and O–H groups in total. The summed E-state index contributed by atoms with van der Waals surface area (Å²) in [6.07, 6.45) is -0.896. The third kappa shape index (κ3) is 4.62. The standard InChI is InChI=1S/C30H44F2N4O2/c1-8-19-35-25-26(32)30(37-7,36-21(4)5)29(38-10-3,22-15-12-11-13-16-22)28(33-6,27(25)34-9-2)23-17-14-18-24(31)20-23/h11-18,20-21,26,33-36H,8-10,19H2,1-7H3. The molecule has 0 fully saturated rings. The number of nitrogens with one attached hydrogen (secondary N) is 4. The first-order valence-electron chi connectivity index (χ1n) is 13.6. The van der Waals surface area contributed by atoms with Crippen LogP contribution in [0.5, 0.6) is 0 Å². The van der Waals surface area contributed by atoms with Crippen molar-refractivity contribution in [1.82, 2.24) is 21.3 Å². The largest absolute Gasteiger partial charge is 0.385 e. The average Bonchev–Trinajstić information content (AvgIpc) is 2.91. The second-order valence-corrected chi connectivity index (χ2v) is 9.84. The molecule has 8 heteroatoms. The summed E-state index contributed by atoms with van der Waals surface area (Å²) in [6.45, 7) is 11.0. The van der Waals surface area contributed by atoms with Gasteiger partial charge in [0, 0.05) is 32.8 Å². The lowest BCUT2D eigenvalue weighted by Gasteiger charge is -2.64. The van der Waals surface area contributed by atoms with Crippen molar-refractivity contribution in [3.63, 3.8) is 0 Å². The third-order valence-corrected chi connectivity index (χ3v) is 7.22. The highest BCUT2D eigenvalue weighted by atomic mass is 19.1. The Hall–Kier alpha value is -2.52. The fourth-order valence-corrected chi connectivity index (χ4v) is 6.05. The lowest BCUT2D eigenvalue weighted by atomic mass is 9.58. The highest BCUT2D eigenvalue weighted by Gasteiger charge is 2.75. The van der Waals surface area contributed by atoms with Crippen LogP contribution in [0, 0.1) is 5.82 Å². The minimum atomic E-state index is -1.73. The maximum atomic E-state index is 17.5. The number of rotatable bonds is 13. The van der Waals surface area contributed by atoms with Crippen LogP contribution in [0.2, 0.25) is 0 Å². The lowest BCUT2D eigenvalue weighted by molar-refractivity contribution is -0.280. The molecule has 1 aliphatic rings. The van der Waals surface area contributed by atoms with Crippen molar-refractivity contribution in [3.05, 3.63) is 82.9 Å². The van der Waals surface area contributed by atoms with Gasteiger partial charge in [-0.25, -0.2) is 8.78 Å². The van der Waals surface area contributed by atoms with Gasteiger partial charge in [-0.1, -0.05) is 49.4 Å². The Balaban J connectivity index is 2.68. The zero-order chi connectivity index (χ0) is 28.0. The van der Waals surface area contributed by atoms with Gasteiger partial charge in [-0.05, 0) is 64.4 Å². The first kappa shape index (κ1) is 30.0. The predicted octanol–water partition coefficient (Wildman–Crippen LogP) is 4.69. The SMILES string of the molecule is CCCNC1=C(NCC)C(NC)(c2cccc(F)c2)C(OCC)(c2ccccc2)C(NC(C)C)(OC)C1F.